The summed E-state index contributed by atoms with van der Waals surface area (Å²) in [7, 11) is 0. The molecule has 0 heterocycles. The molecule has 222 valence electrons. The molecule has 0 amide bonds. The number of aromatic carboxylic acids is 3. The Morgan fingerprint density at radius 2 is 1.05 bits per heavy atom. The number of carboxylic acid groups (broad SMARTS) is 3. The fraction of sp³-hybridized carbons (Fsp3) is 0.185. The monoisotopic (exact) mass is 800 g/mol. The fourth-order valence-electron chi connectivity index (χ4n) is 2.78. The van der Waals surface area contributed by atoms with Gasteiger partial charge in [-0.1, -0.05) is 63.9 Å². The van der Waals surface area contributed by atoms with E-state index in [9.17, 15) is 19.2 Å². The van der Waals surface area contributed by atoms with E-state index in [0.717, 1.165) is 28.4 Å². The molecule has 0 atom stereocenters. The zero-order chi connectivity index (χ0) is 31.0. The molecule has 3 N–H and O–H groups in total. The van der Waals surface area contributed by atoms with E-state index in [0.29, 0.717) is 21.2 Å². The summed E-state index contributed by atoms with van der Waals surface area (Å²) in [4.78, 5) is 42.4. The number of rotatable bonds is 6. The Morgan fingerprint density at radius 3 is 1.37 bits per heavy atom. The minimum atomic E-state index is -3.79. The average molecular weight is 803 g/mol. The number of ketones is 1. The number of carboxylic acids is 3. The molecule has 3 aromatic carbocycles. The number of aryl methyl sites for hydroxylation is 2. The first-order valence-corrected chi connectivity index (χ1v) is 14.4. The Kier molecular flexibility index (Phi) is 20.5. The van der Waals surface area contributed by atoms with Crippen LogP contribution in [0, 0.1) is 0 Å². The van der Waals surface area contributed by atoms with Crippen molar-refractivity contribution in [2.24, 2.45) is 0 Å². The number of Topliss-reactive ketones (excluding diaryl/α,β-unsaturated/α-hetero) is 1. The molecule has 3 rings (SSSR count). The van der Waals surface area contributed by atoms with Crippen LogP contribution in [-0.4, -0.2) is 39.0 Å². The molecule has 0 aromatic heterocycles. The molecule has 10 nitrogen and oxygen atoms in total. The van der Waals surface area contributed by atoms with E-state index >= 15 is 0 Å². The zero-order valence-corrected chi connectivity index (χ0v) is 28.1. The molecule has 0 saturated heterocycles. The van der Waals surface area contributed by atoms with Gasteiger partial charge in [0.15, 0.2) is 5.78 Å². The number of halogens is 3. The van der Waals surface area contributed by atoms with Crippen molar-refractivity contribution in [2.45, 2.75) is 33.6 Å². The Bertz CT molecular complexity index is 1450. The predicted octanol–water partition coefficient (Wildman–Crippen LogP) is 7.23. The predicted molar refractivity (Wildman–Crippen MR) is 157 cm³/mol. The fourth-order valence-corrected chi connectivity index (χ4v) is 4.10. The molecule has 0 fully saturated rings. The summed E-state index contributed by atoms with van der Waals surface area (Å²) < 4.78 is 27.0. The summed E-state index contributed by atoms with van der Waals surface area (Å²) in [6.07, 6.45) is 1.85. The van der Waals surface area contributed by atoms with Crippen LogP contribution < -0.4 is 0 Å². The van der Waals surface area contributed by atoms with Crippen molar-refractivity contribution in [3.8, 4) is 0 Å². The van der Waals surface area contributed by atoms with Gasteiger partial charge < -0.3 is 15.3 Å². The van der Waals surface area contributed by atoms with E-state index in [1.807, 2.05) is 32.0 Å². The second-order valence-electron chi connectivity index (χ2n) is 7.58. The molecular formula is C27H27Br3CrO10. The van der Waals surface area contributed by atoms with Crippen LogP contribution in [0.15, 0.2) is 69.6 Å². The molecule has 0 unspecified atom stereocenters. The van der Waals surface area contributed by atoms with Gasteiger partial charge in [-0.15, -0.1) is 17.0 Å². The maximum atomic E-state index is 11.0. The summed E-state index contributed by atoms with van der Waals surface area (Å²) in [5.41, 5.74) is 3.61. The molecule has 0 aliphatic heterocycles. The summed E-state index contributed by atoms with van der Waals surface area (Å²) in [6.45, 7) is 5.50. The Labute approximate surface area is 267 Å². The van der Waals surface area contributed by atoms with Gasteiger partial charge in [0, 0.05) is 14.5 Å². The molecule has 0 bridgehead atoms. The van der Waals surface area contributed by atoms with Crippen molar-refractivity contribution in [1.29, 1.82) is 0 Å². The van der Waals surface area contributed by atoms with Crippen molar-refractivity contribution in [2.75, 3.05) is 0 Å². The Morgan fingerprint density at radius 1 is 0.659 bits per heavy atom. The third-order valence-corrected chi connectivity index (χ3v) is 6.28. The van der Waals surface area contributed by atoms with Crippen LogP contribution in [0.4, 0.5) is 0 Å². The van der Waals surface area contributed by atoms with Crippen molar-refractivity contribution in [1.82, 2.24) is 0 Å². The van der Waals surface area contributed by atoms with Crippen molar-refractivity contribution in [3.05, 3.63) is 103 Å². The van der Waals surface area contributed by atoms with Crippen molar-refractivity contribution >= 4 is 72.5 Å². The van der Waals surface area contributed by atoms with Gasteiger partial charge in [-0.25, -0.2) is 14.4 Å². The van der Waals surface area contributed by atoms with Gasteiger partial charge in [0.2, 0.25) is 0 Å². The van der Waals surface area contributed by atoms with Crippen LogP contribution in [0.5, 0.6) is 0 Å². The summed E-state index contributed by atoms with van der Waals surface area (Å²) in [5.74, 6) is -2.86. The quantitative estimate of drug-likeness (QED) is 0.215. The Hall–Kier alpha value is -2.89. The summed E-state index contributed by atoms with van der Waals surface area (Å²) in [6, 6.07) is 16.3. The van der Waals surface area contributed by atoms with Crippen LogP contribution in [0.3, 0.4) is 0 Å². The summed E-state index contributed by atoms with van der Waals surface area (Å²) in [5, 5.41) is 25.8. The van der Waals surface area contributed by atoms with Crippen molar-refractivity contribution < 1.29 is 59.9 Å². The van der Waals surface area contributed by atoms with E-state index in [4.69, 9.17) is 26.7 Å². The molecule has 0 aliphatic carbocycles. The average Bonchev–Trinajstić information content (AvgIpc) is 2.88. The molecule has 0 aliphatic rings. The topological polar surface area (TPSA) is 180 Å². The van der Waals surface area contributed by atoms with E-state index in [1.165, 1.54) is 25.1 Å². The third kappa shape index (κ3) is 16.2. The van der Waals surface area contributed by atoms with Gasteiger partial charge in [0.1, 0.15) is 0 Å². The minimum absolute atomic E-state index is 0. The van der Waals surface area contributed by atoms with Crippen molar-refractivity contribution in [3.63, 3.8) is 0 Å². The van der Waals surface area contributed by atoms with Gasteiger partial charge in [0.25, 0.3) is 0 Å². The first kappa shape index (κ1) is 40.3. The second-order valence-corrected chi connectivity index (χ2v) is 9.93. The van der Waals surface area contributed by atoms with Crippen LogP contribution in [-0.2, 0) is 38.2 Å². The second kappa shape index (κ2) is 20.9. The van der Waals surface area contributed by atoms with Crippen LogP contribution in [0.1, 0.15) is 73.3 Å². The maximum absolute atomic E-state index is 11.0. The first-order chi connectivity index (χ1) is 18.6. The SMILES string of the molecule is Br.CC(=O)c1ccc(C(=O)O)cc1Br.CCc1ccc(C(=O)O)cc1.CCc1ccc(C(=O)O)cc1Br.[O]=[Cr](=[O])=[O]. The number of carbonyl (C=O) groups excluding carboxylic acids is 1. The van der Waals surface area contributed by atoms with E-state index in [1.54, 1.807) is 24.3 Å². The molecule has 3 aromatic rings. The van der Waals surface area contributed by atoms with Gasteiger partial charge in [-0.3, -0.25) is 4.79 Å². The molecule has 0 radical (unpaired) electrons. The normalized spacial score (nSPS) is 9.10. The molecule has 0 saturated carbocycles. The van der Waals surface area contributed by atoms with E-state index in [-0.39, 0.29) is 28.3 Å². The van der Waals surface area contributed by atoms with Gasteiger partial charge in [-0.05, 0) is 73.4 Å². The summed E-state index contributed by atoms with van der Waals surface area (Å²) >= 11 is 2.65. The number of hydrogen-bond donors (Lipinski definition) is 3. The van der Waals surface area contributed by atoms with Crippen LogP contribution in [0.2, 0.25) is 0 Å². The van der Waals surface area contributed by atoms with Crippen LogP contribution in [0.25, 0.3) is 0 Å². The van der Waals surface area contributed by atoms with E-state index < -0.39 is 31.9 Å². The zero-order valence-electron chi connectivity index (χ0n) is 22.0. The standard InChI is InChI=1S/C9H7BrO3.C9H9BrO2.C9H10O2.BrH.Cr.3O/c1-5(11)7-3-2-6(9(12)13)4-8(7)10;1-2-6-3-4-7(9(11)12)5-8(6)10;1-2-7-3-5-8(6-4-7)9(10)11;;;;;/h2-4H,1H3,(H,12,13);3-5H,2H2,1H3,(H,11,12);3-6H,2H2,1H3,(H,10,11);1H;;;;. The molecule has 41 heavy (non-hydrogen) atoms. The Balaban J connectivity index is 0. The molecular weight excluding hydrogens is 776 g/mol. The number of hydrogen-bond acceptors (Lipinski definition) is 7. The van der Waals surface area contributed by atoms with Gasteiger partial charge in [0.05, 0.1) is 16.7 Å². The van der Waals surface area contributed by atoms with Gasteiger partial charge in [-0.2, -0.15) is 0 Å². The number of benzene rings is 3. The molecule has 0 spiro atoms. The first-order valence-electron chi connectivity index (χ1n) is 11.3. The van der Waals surface area contributed by atoms with E-state index in [2.05, 4.69) is 31.9 Å². The number of carbonyl (C=O) groups is 4. The van der Waals surface area contributed by atoms with Crippen LogP contribution >= 0.6 is 48.8 Å². The van der Waals surface area contributed by atoms with Gasteiger partial charge >= 0.3 is 43.3 Å². The third-order valence-electron chi connectivity index (χ3n) is 4.89. The molecule has 14 heteroatoms.